The lowest BCUT2D eigenvalue weighted by Gasteiger charge is -2.00. The Balaban J connectivity index is 0.000000428. The number of phenols is 2. The van der Waals surface area contributed by atoms with Crippen LogP contribution in [0.4, 0.5) is 0 Å². The fourth-order valence-corrected chi connectivity index (χ4v) is 1.42. The highest BCUT2D eigenvalue weighted by Gasteiger charge is 2.04. The number of benzene rings is 2. The largest absolute Gasteiger partial charge is 0.508 e. The maximum Gasteiger partial charge on any atom is 0.338 e. The number of phenolic OH excluding ortho intramolecular Hbond substituents is 2. The molecule has 2 aromatic rings. The first-order valence-corrected chi connectivity index (χ1v) is 8.74. The van der Waals surface area contributed by atoms with E-state index in [-0.39, 0.29) is 23.7 Å². The van der Waals surface area contributed by atoms with Crippen LogP contribution in [0.25, 0.3) is 0 Å². The van der Waals surface area contributed by atoms with E-state index < -0.39 is 11.9 Å². The molecular formula is C20H21BrO6. The molecule has 3 N–H and O–H groups in total. The van der Waals surface area contributed by atoms with Crippen molar-refractivity contribution >= 4 is 27.9 Å². The maximum absolute atomic E-state index is 11.2. The number of ether oxygens (including phenoxy) is 1. The van der Waals surface area contributed by atoms with Gasteiger partial charge in [0.2, 0.25) is 0 Å². The van der Waals surface area contributed by atoms with E-state index in [1.165, 1.54) is 54.6 Å². The summed E-state index contributed by atoms with van der Waals surface area (Å²) in [7, 11) is 0. The molecule has 0 atom stereocenters. The standard InChI is InChI=1S/C10H10O3.C7H6O3.C3H5Br/c1-2-7-13-10(12)8-3-5-9(11)6-4-8;8-6-3-1-5(2-4-6)7(9)10;1-2-3-4/h2-6,11H,1,7H2;1-4,8H,(H,9,10);2H,1,3H2. The van der Waals surface area contributed by atoms with Gasteiger partial charge in [0.1, 0.15) is 18.1 Å². The van der Waals surface area contributed by atoms with Gasteiger partial charge in [-0.3, -0.25) is 0 Å². The highest BCUT2D eigenvalue weighted by atomic mass is 79.9. The van der Waals surface area contributed by atoms with Crippen LogP contribution in [0.2, 0.25) is 0 Å². The van der Waals surface area contributed by atoms with Crippen molar-refractivity contribution in [3.8, 4) is 11.5 Å². The van der Waals surface area contributed by atoms with E-state index in [1.54, 1.807) is 6.08 Å². The second kappa shape index (κ2) is 14.1. The predicted molar refractivity (Wildman–Crippen MR) is 108 cm³/mol. The average molecular weight is 437 g/mol. The average Bonchev–Trinajstić information content (AvgIpc) is 2.67. The molecule has 0 bridgehead atoms. The molecule has 6 nitrogen and oxygen atoms in total. The molecule has 0 aliphatic carbocycles. The van der Waals surface area contributed by atoms with E-state index in [9.17, 15) is 9.59 Å². The number of carboxylic acids is 1. The lowest BCUT2D eigenvalue weighted by Crippen LogP contribution is -2.04. The first kappa shape index (κ1) is 23.9. The smallest absolute Gasteiger partial charge is 0.338 e. The van der Waals surface area contributed by atoms with Gasteiger partial charge in [-0.1, -0.05) is 34.7 Å². The Labute approximate surface area is 166 Å². The number of esters is 1. The number of aromatic carboxylic acids is 1. The van der Waals surface area contributed by atoms with Crippen molar-refractivity contribution in [1.82, 2.24) is 0 Å². The summed E-state index contributed by atoms with van der Waals surface area (Å²) in [5.41, 5.74) is 0.595. The molecular weight excluding hydrogens is 416 g/mol. The van der Waals surface area contributed by atoms with E-state index in [2.05, 4.69) is 29.1 Å². The Morgan fingerprint density at radius 3 is 1.63 bits per heavy atom. The molecule has 2 rings (SSSR count). The highest BCUT2D eigenvalue weighted by molar-refractivity contribution is 9.09. The zero-order valence-corrected chi connectivity index (χ0v) is 16.1. The lowest BCUT2D eigenvalue weighted by molar-refractivity contribution is 0.0549. The molecule has 0 spiro atoms. The van der Waals surface area contributed by atoms with Crippen molar-refractivity contribution in [2.45, 2.75) is 0 Å². The van der Waals surface area contributed by atoms with Crippen LogP contribution in [0, 0.1) is 0 Å². The van der Waals surface area contributed by atoms with Crippen molar-refractivity contribution in [1.29, 1.82) is 0 Å². The van der Waals surface area contributed by atoms with Crippen LogP contribution in [-0.2, 0) is 4.74 Å². The van der Waals surface area contributed by atoms with E-state index in [0.29, 0.717) is 5.56 Å². The van der Waals surface area contributed by atoms with Crippen LogP contribution in [0.5, 0.6) is 11.5 Å². The van der Waals surface area contributed by atoms with E-state index in [1.807, 2.05) is 0 Å². The number of hydrogen-bond acceptors (Lipinski definition) is 5. The summed E-state index contributed by atoms with van der Waals surface area (Å²) in [4.78, 5) is 21.4. The summed E-state index contributed by atoms with van der Waals surface area (Å²) < 4.78 is 4.78. The number of allylic oxidation sites excluding steroid dienone is 1. The van der Waals surface area contributed by atoms with Crippen molar-refractivity contribution < 1.29 is 29.6 Å². The van der Waals surface area contributed by atoms with Gasteiger partial charge in [-0.25, -0.2) is 9.59 Å². The van der Waals surface area contributed by atoms with Gasteiger partial charge in [0.15, 0.2) is 0 Å². The summed E-state index contributed by atoms with van der Waals surface area (Å²) in [5.74, 6) is -1.20. The first-order valence-electron chi connectivity index (χ1n) is 7.61. The number of hydrogen-bond donors (Lipinski definition) is 3. The fourth-order valence-electron chi connectivity index (χ4n) is 1.42. The molecule has 0 aromatic heterocycles. The van der Waals surface area contributed by atoms with E-state index >= 15 is 0 Å². The third-order valence-corrected chi connectivity index (χ3v) is 3.12. The second-order valence-electron chi connectivity index (χ2n) is 4.73. The van der Waals surface area contributed by atoms with Gasteiger partial charge in [0.25, 0.3) is 0 Å². The number of rotatable bonds is 5. The third-order valence-electron chi connectivity index (χ3n) is 2.66. The van der Waals surface area contributed by atoms with Crippen molar-refractivity contribution in [2.75, 3.05) is 11.9 Å². The van der Waals surface area contributed by atoms with Crippen LogP contribution >= 0.6 is 15.9 Å². The Hall–Kier alpha value is -3.06. The zero-order valence-electron chi connectivity index (χ0n) is 14.5. The molecule has 0 heterocycles. The topological polar surface area (TPSA) is 104 Å². The van der Waals surface area contributed by atoms with Crippen molar-refractivity contribution in [3.05, 3.63) is 85.0 Å². The SMILES string of the molecule is C=CCBr.C=CCOC(=O)c1ccc(O)cc1.O=C(O)c1ccc(O)cc1. The Morgan fingerprint density at radius 2 is 1.30 bits per heavy atom. The molecule has 0 fully saturated rings. The molecule has 0 unspecified atom stereocenters. The molecule has 2 aromatic carbocycles. The van der Waals surface area contributed by atoms with Gasteiger partial charge < -0.3 is 20.1 Å². The Bertz CT molecular complexity index is 723. The predicted octanol–water partition coefficient (Wildman–Crippen LogP) is 4.39. The minimum Gasteiger partial charge on any atom is -0.508 e. The number of aromatic hydroxyl groups is 2. The highest BCUT2D eigenvalue weighted by Crippen LogP contribution is 2.10. The van der Waals surface area contributed by atoms with Crippen LogP contribution in [-0.4, -0.2) is 39.2 Å². The van der Waals surface area contributed by atoms with Crippen LogP contribution in [0.3, 0.4) is 0 Å². The van der Waals surface area contributed by atoms with Crippen molar-refractivity contribution in [3.63, 3.8) is 0 Å². The lowest BCUT2D eigenvalue weighted by atomic mass is 10.2. The molecule has 0 saturated carbocycles. The van der Waals surface area contributed by atoms with Gasteiger partial charge in [-0.15, -0.1) is 6.58 Å². The number of alkyl halides is 1. The fraction of sp³-hybridized carbons (Fsp3) is 0.100. The van der Waals surface area contributed by atoms with E-state index in [4.69, 9.17) is 20.1 Å². The Kier molecular flexibility index (Phi) is 12.5. The van der Waals surface area contributed by atoms with Gasteiger partial charge >= 0.3 is 11.9 Å². The molecule has 144 valence electrons. The number of carbonyl (C=O) groups excluding carboxylic acids is 1. The summed E-state index contributed by atoms with van der Waals surface area (Å²) in [6.45, 7) is 7.05. The van der Waals surface area contributed by atoms with Crippen LogP contribution < -0.4 is 0 Å². The van der Waals surface area contributed by atoms with E-state index in [0.717, 1.165) is 5.33 Å². The number of halogens is 1. The van der Waals surface area contributed by atoms with Gasteiger partial charge in [-0.05, 0) is 48.5 Å². The quantitative estimate of drug-likeness (QED) is 0.364. The molecule has 0 radical (unpaired) electrons. The van der Waals surface area contributed by atoms with Crippen LogP contribution in [0.1, 0.15) is 20.7 Å². The third kappa shape index (κ3) is 11.2. The van der Waals surface area contributed by atoms with Crippen LogP contribution in [0.15, 0.2) is 73.8 Å². The molecule has 0 aliphatic heterocycles. The van der Waals surface area contributed by atoms with Gasteiger partial charge in [0.05, 0.1) is 11.1 Å². The summed E-state index contributed by atoms with van der Waals surface area (Å²) in [6, 6.07) is 11.2. The number of carboxylic acid groups (broad SMARTS) is 1. The Morgan fingerprint density at radius 1 is 0.889 bits per heavy atom. The minimum atomic E-state index is -0.986. The van der Waals surface area contributed by atoms with Gasteiger partial charge in [-0.2, -0.15) is 0 Å². The maximum atomic E-state index is 11.2. The molecule has 0 aliphatic rings. The number of carbonyl (C=O) groups is 2. The summed E-state index contributed by atoms with van der Waals surface area (Å²) in [6.07, 6.45) is 3.29. The van der Waals surface area contributed by atoms with Crippen molar-refractivity contribution in [2.24, 2.45) is 0 Å². The summed E-state index contributed by atoms with van der Waals surface area (Å²) in [5, 5.41) is 27.0. The van der Waals surface area contributed by atoms with Gasteiger partial charge in [0, 0.05) is 5.33 Å². The molecule has 0 saturated heterocycles. The summed E-state index contributed by atoms with van der Waals surface area (Å²) >= 11 is 3.13. The second-order valence-corrected chi connectivity index (χ2v) is 5.38. The normalized spacial score (nSPS) is 8.78. The minimum absolute atomic E-state index is 0.0741. The zero-order chi connectivity index (χ0) is 20.7. The molecule has 7 heteroatoms. The molecule has 27 heavy (non-hydrogen) atoms. The first-order chi connectivity index (χ1) is 12.8. The molecule has 0 amide bonds. The monoisotopic (exact) mass is 436 g/mol.